The van der Waals surface area contributed by atoms with E-state index >= 15 is 0 Å². The lowest BCUT2D eigenvalue weighted by molar-refractivity contribution is -0.137. The van der Waals surface area contributed by atoms with E-state index in [1.807, 2.05) is 0 Å². The van der Waals surface area contributed by atoms with E-state index in [1.165, 1.54) is 4.90 Å². The third kappa shape index (κ3) is 4.79. The second-order valence-corrected chi connectivity index (χ2v) is 5.70. The number of rotatable bonds is 5. The molecule has 0 bridgehead atoms. The minimum atomic E-state index is -0.958. The number of urea groups is 1. The van der Waals surface area contributed by atoms with E-state index in [2.05, 4.69) is 5.32 Å². The number of nitrogens with zero attached hydrogens (tertiary/aromatic N) is 1. The average Bonchev–Trinajstić information content (AvgIpc) is 2.38. The summed E-state index contributed by atoms with van der Waals surface area (Å²) in [6, 6.07) is 2.83. The van der Waals surface area contributed by atoms with Crippen LogP contribution in [-0.2, 0) is 4.79 Å². The zero-order valence-corrected chi connectivity index (χ0v) is 13.6. The van der Waals surface area contributed by atoms with Crippen LogP contribution in [0.3, 0.4) is 0 Å². The Morgan fingerprint density at radius 1 is 1.33 bits per heavy atom. The van der Waals surface area contributed by atoms with Gasteiger partial charge in [-0.3, -0.25) is 4.79 Å². The molecule has 0 atom stereocenters. The van der Waals surface area contributed by atoms with Crippen LogP contribution in [0.5, 0.6) is 0 Å². The van der Waals surface area contributed by atoms with Crippen molar-refractivity contribution < 1.29 is 14.7 Å². The zero-order valence-electron chi connectivity index (χ0n) is 12.1. The van der Waals surface area contributed by atoms with E-state index in [0.717, 1.165) is 5.56 Å². The number of nitrogens with one attached hydrogen (secondary N) is 1. The topological polar surface area (TPSA) is 69.6 Å². The molecule has 1 aromatic rings. The first kappa shape index (κ1) is 17.6. The number of halogens is 2. The molecule has 1 rings (SSSR count). The Labute approximate surface area is 133 Å². The lowest BCUT2D eigenvalue weighted by atomic mass is 10.2. The summed E-state index contributed by atoms with van der Waals surface area (Å²) in [7, 11) is 0. The first-order valence-corrected chi connectivity index (χ1v) is 7.23. The highest BCUT2D eigenvalue weighted by Crippen LogP contribution is 2.33. The van der Waals surface area contributed by atoms with Crippen molar-refractivity contribution in [3.05, 3.63) is 27.7 Å². The van der Waals surface area contributed by atoms with Crippen LogP contribution in [0, 0.1) is 6.92 Å². The number of aryl methyl sites for hydroxylation is 1. The number of aliphatic carboxylic acids is 1. The molecule has 5 nitrogen and oxygen atoms in total. The number of carboxylic acid groups (broad SMARTS) is 1. The quantitative estimate of drug-likeness (QED) is 0.855. The number of hydrogen-bond donors (Lipinski definition) is 2. The van der Waals surface area contributed by atoms with Gasteiger partial charge in [0.2, 0.25) is 0 Å². The van der Waals surface area contributed by atoms with Crippen molar-refractivity contribution in [1.29, 1.82) is 0 Å². The SMILES string of the molecule is Cc1ccc(Cl)c(NC(=O)N(CCC(=O)O)C(C)C)c1Cl. The molecular weight excluding hydrogens is 315 g/mol. The van der Waals surface area contributed by atoms with Gasteiger partial charge in [0.1, 0.15) is 0 Å². The molecular formula is C14H18Cl2N2O3. The monoisotopic (exact) mass is 332 g/mol. The molecule has 0 radical (unpaired) electrons. The highest BCUT2D eigenvalue weighted by Gasteiger charge is 2.20. The number of carboxylic acids is 1. The molecule has 0 heterocycles. The van der Waals surface area contributed by atoms with E-state index in [9.17, 15) is 9.59 Å². The first-order chi connectivity index (χ1) is 9.73. The number of carbonyl (C=O) groups is 2. The fraction of sp³-hybridized carbons (Fsp3) is 0.429. The predicted molar refractivity (Wildman–Crippen MR) is 84.3 cm³/mol. The van der Waals surface area contributed by atoms with Gasteiger partial charge in [0.05, 0.1) is 22.2 Å². The lowest BCUT2D eigenvalue weighted by Crippen LogP contribution is -2.41. The molecule has 7 heteroatoms. The summed E-state index contributed by atoms with van der Waals surface area (Å²) in [6.45, 7) is 5.53. The second-order valence-electron chi connectivity index (χ2n) is 4.91. The minimum Gasteiger partial charge on any atom is -0.481 e. The third-order valence-electron chi connectivity index (χ3n) is 2.97. The van der Waals surface area contributed by atoms with E-state index in [4.69, 9.17) is 28.3 Å². The van der Waals surface area contributed by atoms with Gasteiger partial charge >= 0.3 is 12.0 Å². The maximum absolute atomic E-state index is 12.3. The van der Waals surface area contributed by atoms with Gasteiger partial charge in [-0.15, -0.1) is 0 Å². The fourth-order valence-corrected chi connectivity index (χ4v) is 2.23. The molecule has 0 aromatic heterocycles. The first-order valence-electron chi connectivity index (χ1n) is 6.48. The number of benzene rings is 1. The number of amides is 2. The van der Waals surface area contributed by atoms with E-state index in [-0.39, 0.29) is 19.0 Å². The molecule has 21 heavy (non-hydrogen) atoms. The summed E-state index contributed by atoms with van der Waals surface area (Å²) in [5.74, 6) is -0.958. The van der Waals surface area contributed by atoms with Gasteiger partial charge in [-0.05, 0) is 32.4 Å². The van der Waals surface area contributed by atoms with Crippen molar-refractivity contribution in [2.24, 2.45) is 0 Å². The predicted octanol–water partition coefficient (Wildman–Crippen LogP) is 4.02. The van der Waals surface area contributed by atoms with Crippen molar-refractivity contribution in [3.63, 3.8) is 0 Å². The summed E-state index contributed by atoms with van der Waals surface area (Å²) in [4.78, 5) is 24.4. The zero-order chi connectivity index (χ0) is 16.2. The van der Waals surface area contributed by atoms with E-state index in [0.29, 0.717) is 15.7 Å². The summed E-state index contributed by atoms with van der Waals surface area (Å²) in [5, 5.41) is 12.1. The highest BCUT2D eigenvalue weighted by atomic mass is 35.5. The number of anilines is 1. The van der Waals surface area contributed by atoms with Gasteiger partial charge in [0, 0.05) is 12.6 Å². The minimum absolute atomic E-state index is 0.111. The van der Waals surface area contributed by atoms with Crippen molar-refractivity contribution >= 4 is 40.9 Å². The Morgan fingerprint density at radius 2 is 1.95 bits per heavy atom. The van der Waals surface area contributed by atoms with Crippen molar-refractivity contribution in [2.45, 2.75) is 33.2 Å². The van der Waals surface area contributed by atoms with Crippen LogP contribution in [0.15, 0.2) is 12.1 Å². The van der Waals surface area contributed by atoms with Crippen LogP contribution < -0.4 is 5.32 Å². The van der Waals surface area contributed by atoms with Gasteiger partial charge in [0.15, 0.2) is 0 Å². The maximum atomic E-state index is 12.3. The summed E-state index contributed by atoms with van der Waals surface area (Å²) in [6.07, 6.45) is -0.124. The standard InChI is InChI=1S/C14H18Cl2N2O3/c1-8(2)18(7-6-11(19)20)14(21)17-13-10(15)5-4-9(3)12(13)16/h4-5,8H,6-7H2,1-3H3,(H,17,21)(H,19,20). The maximum Gasteiger partial charge on any atom is 0.322 e. The number of carbonyl (C=O) groups excluding carboxylic acids is 1. The molecule has 2 amide bonds. The molecule has 0 aliphatic heterocycles. The molecule has 0 saturated carbocycles. The van der Waals surface area contributed by atoms with E-state index in [1.54, 1.807) is 32.9 Å². The lowest BCUT2D eigenvalue weighted by Gasteiger charge is -2.27. The summed E-state index contributed by atoms with van der Waals surface area (Å²) >= 11 is 12.2. The van der Waals surface area contributed by atoms with Gasteiger partial charge in [-0.25, -0.2) is 4.79 Å². The second kappa shape index (κ2) is 7.52. The van der Waals surface area contributed by atoms with Crippen molar-refractivity contribution in [1.82, 2.24) is 4.90 Å². The molecule has 2 N–H and O–H groups in total. The Bertz CT molecular complexity index is 547. The Kier molecular flexibility index (Phi) is 6.30. The van der Waals surface area contributed by atoms with Crippen molar-refractivity contribution in [2.75, 3.05) is 11.9 Å². The molecule has 0 saturated heterocycles. The van der Waals surface area contributed by atoms with Gasteiger partial charge < -0.3 is 15.3 Å². The Hall–Kier alpha value is -1.46. The van der Waals surface area contributed by atoms with Crippen LogP contribution in [0.25, 0.3) is 0 Å². The molecule has 0 fully saturated rings. The largest absolute Gasteiger partial charge is 0.481 e. The fourth-order valence-electron chi connectivity index (χ4n) is 1.76. The van der Waals surface area contributed by atoms with Crippen LogP contribution in [0.2, 0.25) is 10.0 Å². The highest BCUT2D eigenvalue weighted by molar-refractivity contribution is 6.40. The average molecular weight is 333 g/mol. The molecule has 1 aromatic carbocycles. The van der Waals surface area contributed by atoms with Crippen LogP contribution >= 0.6 is 23.2 Å². The van der Waals surface area contributed by atoms with Crippen LogP contribution in [0.4, 0.5) is 10.5 Å². The van der Waals surface area contributed by atoms with Crippen LogP contribution in [0.1, 0.15) is 25.8 Å². The van der Waals surface area contributed by atoms with Gasteiger partial charge in [0.25, 0.3) is 0 Å². The molecule has 0 unspecified atom stereocenters. The molecule has 116 valence electrons. The van der Waals surface area contributed by atoms with Crippen molar-refractivity contribution in [3.8, 4) is 0 Å². The Morgan fingerprint density at radius 3 is 2.48 bits per heavy atom. The molecule has 0 aliphatic carbocycles. The summed E-state index contributed by atoms with van der Waals surface area (Å²) in [5.41, 5.74) is 1.13. The number of hydrogen-bond acceptors (Lipinski definition) is 2. The van der Waals surface area contributed by atoms with Gasteiger partial charge in [-0.2, -0.15) is 0 Å². The van der Waals surface area contributed by atoms with Crippen LogP contribution in [-0.4, -0.2) is 34.6 Å². The smallest absolute Gasteiger partial charge is 0.322 e. The van der Waals surface area contributed by atoms with E-state index < -0.39 is 12.0 Å². The van der Waals surface area contributed by atoms with Gasteiger partial charge in [-0.1, -0.05) is 29.3 Å². The molecule has 0 aliphatic rings. The third-order valence-corrected chi connectivity index (χ3v) is 3.77. The molecule has 0 spiro atoms. The normalized spacial score (nSPS) is 10.6. The Balaban J connectivity index is 2.92. The summed E-state index contributed by atoms with van der Waals surface area (Å²) < 4.78 is 0.